The van der Waals surface area contributed by atoms with E-state index in [1.807, 2.05) is 29.2 Å². The smallest absolute Gasteiger partial charge is 0.256 e. The molecule has 1 aliphatic carbocycles. The van der Waals surface area contributed by atoms with Crippen LogP contribution in [0, 0.1) is 5.92 Å². The predicted molar refractivity (Wildman–Crippen MR) is 136 cm³/mol. The lowest BCUT2D eigenvalue weighted by atomic mass is 10.1. The van der Waals surface area contributed by atoms with Gasteiger partial charge in [-0.05, 0) is 49.4 Å². The van der Waals surface area contributed by atoms with Gasteiger partial charge in [0.15, 0.2) is 0 Å². The molecule has 2 aromatic rings. The van der Waals surface area contributed by atoms with Crippen LogP contribution in [0.3, 0.4) is 0 Å². The monoisotopic (exact) mass is 460 g/mol. The topological polar surface area (TPSA) is 55.9 Å². The fourth-order valence-electron chi connectivity index (χ4n) is 5.07. The zero-order chi connectivity index (χ0) is 23.3. The van der Waals surface area contributed by atoms with E-state index in [2.05, 4.69) is 39.4 Å². The molecular formula is C28H36N4O2. The highest BCUT2D eigenvalue weighted by Crippen LogP contribution is 2.32. The number of rotatable bonds is 6. The molecule has 2 aromatic carbocycles. The lowest BCUT2D eigenvalue weighted by molar-refractivity contribution is -0.117. The first-order valence-corrected chi connectivity index (χ1v) is 12.9. The number of carbonyl (C=O) groups is 2. The minimum absolute atomic E-state index is 0.107. The quantitative estimate of drug-likeness (QED) is 0.695. The third-order valence-electron chi connectivity index (χ3n) is 7.30. The van der Waals surface area contributed by atoms with E-state index >= 15 is 0 Å². The van der Waals surface area contributed by atoms with Gasteiger partial charge in [0.2, 0.25) is 5.91 Å². The van der Waals surface area contributed by atoms with Crippen LogP contribution in [0.2, 0.25) is 0 Å². The van der Waals surface area contributed by atoms with Crippen LogP contribution in [0.4, 0.5) is 11.4 Å². The van der Waals surface area contributed by atoms with Crippen molar-refractivity contribution in [1.29, 1.82) is 0 Å². The number of benzene rings is 2. The molecule has 2 aliphatic heterocycles. The van der Waals surface area contributed by atoms with Gasteiger partial charge in [-0.3, -0.25) is 14.5 Å². The van der Waals surface area contributed by atoms with Gasteiger partial charge in [0.25, 0.3) is 5.91 Å². The van der Waals surface area contributed by atoms with Gasteiger partial charge in [0.05, 0.1) is 11.3 Å². The van der Waals surface area contributed by atoms with Crippen LogP contribution in [0.15, 0.2) is 48.5 Å². The Morgan fingerprint density at radius 1 is 0.824 bits per heavy atom. The normalized spacial score (nSPS) is 19.5. The molecule has 0 atom stereocenters. The van der Waals surface area contributed by atoms with Gasteiger partial charge in [-0.15, -0.1) is 0 Å². The van der Waals surface area contributed by atoms with Crippen molar-refractivity contribution in [3.05, 3.63) is 59.7 Å². The van der Waals surface area contributed by atoms with Crippen LogP contribution >= 0.6 is 0 Å². The lowest BCUT2D eigenvalue weighted by Crippen LogP contribution is -2.48. The molecule has 0 bridgehead atoms. The Morgan fingerprint density at radius 2 is 1.53 bits per heavy atom. The number of anilines is 2. The molecule has 2 saturated heterocycles. The Labute approximate surface area is 202 Å². The van der Waals surface area contributed by atoms with E-state index in [1.165, 1.54) is 18.4 Å². The molecule has 0 unspecified atom stereocenters. The Kier molecular flexibility index (Phi) is 7.14. The van der Waals surface area contributed by atoms with Crippen LogP contribution in [0.25, 0.3) is 0 Å². The van der Waals surface area contributed by atoms with Gasteiger partial charge in [-0.1, -0.05) is 43.2 Å². The van der Waals surface area contributed by atoms with E-state index in [9.17, 15) is 9.59 Å². The van der Waals surface area contributed by atoms with Gasteiger partial charge >= 0.3 is 0 Å². The first-order chi connectivity index (χ1) is 16.7. The van der Waals surface area contributed by atoms with Gasteiger partial charge in [-0.25, -0.2) is 0 Å². The largest absolute Gasteiger partial charge is 0.371 e. The van der Waals surface area contributed by atoms with E-state index < -0.39 is 0 Å². The molecule has 6 heteroatoms. The standard InChI is InChI=1S/C28H36N4O2/c33-27(23-10-11-23)29-24-12-13-25(26(20-24)31-14-6-1-2-7-15-31)28(34)32-18-16-30(17-19-32)21-22-8-4-3-5-9-22/h3-5,8-9,12-13,20,23H,1-2,6-7,10-11,14-19,21H2,(H,29,33). The third kappa shape index (κ3) is 5.61. The molecule has 180 valence electrons. The molecule has 1 saturated carbocycles. The number of nitrogens with one attached hydrogen (secondary N) is 1. The van der Waals surface area contributed by atoms with Crippen molar-refractivity contribution in [3.63, 3.8) is 0 Å². The summed E-state index contributed by atoms with van der Waals surface area (Å²) in [6, 6.07) is 16.4. The van der Waals surface area contributed by atoms with Crippen LogP contribution in [-0.4, -0.2) is 60.9 Å². The SMILES string of the molecule is O=C(Nc1ccc(C(=O)N2CCN(Cc3ccccc3)CC2)c(N2CCCCCC2)c1)C1CC1. The van der Waals surface area contributed by atoms with Crippen LogP contribution < -0.4 is 10.2 Å². The van der Waals surface area contributed by atoms with Gasteiger partial charge in [0, 0.05) is 57.4 Å². The molecule has 0 spiro atoms. The zero-order valence-corrected chi connectivity index (χ0v) is 20.0. The van der Waals surface area contributed by atoms with E-state index in [1.54, 1.807) is 0 Å². The second-order valence-electron chi connectivity index (χ2n) is 9.95. The molecule has 3 aliphatic rings. The second kappa shape index (κ2) is 10.6. The minimum atomic E-state index is 0.107. The first-order valence-electron chi connectivity index (χ1n) is 12.9. The molecule has 5 rings (SSSR count). The minimum Gasteiger partial charge on any atom is -0.371 e. The molecule has 3 fully saturated rings. The Morgan fingerprint density at radius 3 is 2.21 bits per heavy atom. The first kappa shape index (κ1) is 22.9. The van der Waals surface area contributed by atoms with Crippen molar-refractivity contribution in [2.75, 3.05) is 49.5 Å². The molecule has 0 aromatic heterocycles. The molecule has 34 heavy (non-hydrogen) atoms. The van der Waals surface area contributed by atoms with Crippen molar-refractivity contribution in [1.82, 2.24) is 9.80 Å². The molecular weight excluding hydrogens is 424 g/mol. The maximum Gasteiger partial charge on any atom is 0.256 e. The van der Waals surface area contributed by atoms with Crippen LogP contribution in [0.1, 0.15) is 54.4 Å². The Hall–Kier alpha value is -2.86. The summed E-state index contributed by atoms with van der Waals surface area (Å²) in [6.45, 7) is 6.11. The maximum atomic E-state index is 13.7. The summed E-state index contributed by atoms with van der Waals surface area (Å²) >= 11 is 0. The highest BCUT2D eigenvalue weighted by atomic mass is 16.2. The number of carbonyl (C=O) groups excluding carboxylic acids is 2. The van der Waals surface area contributed by atoms with Crippen LogP contribution in [0.5, 0.6) is 0 Å². The summed E-state index contributed by atoms with van der Waals surface area (Å²) in [4.78, 5) is 32.8. The van der Waals surface area contributed by atoms with E-state index in [4.69, 9.17) is 0 Å². The van der Waals surface area contributed by atoms with Crippen molar-refractivity contribution in [3.8, 4) is 0 Å². The number of hydrogen-bond acceptors (Lipinski definition) is 4. The van der Waals surface area contributed by atoms with E-state index in [-0.39, 0.29) is 17.7 Å². The van der Waals surface area contributed by atoms with Crippen molar-refractivity contribution >= 4 is 23.2 Å². The number of piperazine rings is 1. The molecule has 1 N–H and O–H groups in total. The van der Waals surface area contributed by atoms with Crippen LogP contribution in [-0.2, 0) is 11.3 Å². The fourth-order valence-corrected chi connectivity index (χ4v) is 5.07. The summed E-state index contributed by atoms with van der Waals surface area (Å²) in [5.74, 6) is 0.379. The number of hydrogen-bond donors (Lipinski definition) is 1. The predicted octanol–water partition coefficient (Wildman–Crippen LogP) is 4.37. The average Bonchev–Trinajstić information content (AvgIpc) is 3.73. The van der Waals surface area contributed by atoms with E-state index in [0.717, 1.165) is 88.4 Å². The second-order valence-corrected chi connectivity index (χ2v) is 9.95. The Bertz CT molecular complexity index is 989. The van der Waals surface area contributed by atoms with Gasteiger partial charge < -0.3 is 15.1 Å². The summed E-state index contributed by atoms with van der Waals surface area (Å²) in [5, 5.41) is 3.08. The molecule has 0 radical (unpaired) electrons. The summed E-state index contributed by atoms with van der Waals surface area (Å²) in [5.41, 5.74) is 3.87. The fraction of sp³-hybridized carbons (Fsp3) is 0.500. The molecule has 6 nitrogen and oxygen atoms in total. The van der Waals surface area contributed by atoms with Crippen molar-refractivity contribution in [2.45, 2.75) is 45.1 Å². The Balaban J connectivity index is 1.30. The number of nitrogens with zero attached hydrogens (tertiary/aromatic N) is 3. The van der Waals surface area contributed by atoms with Crippen molar-refractivity contribution in [2.24, 2.45) is 5.92 Å². The zero-order valence-electron chi connectivity index (χ0n) is 20.0. The summed E-state index contributed by atoms with van der Waals surface area (Å²) < 4.78 is 0. The lowest BCUT2D eigenvalue weighted by Gasteiger charge is -2.36. The number of amides is 2. The summed E-state index contributed by atoms with van der Waals surface area (Å²) in [6.07, 6.45) is 6.73. The van der Waals surface area contributed by atoms with E-state index in [0.29, 0.717) is 0 Å². The maximum absolute atomic E-state index is 13.7. The van der Waals surface area contributed by atoms with Gasteiger partial charge in [-0.2, -0.15) is 0 Å². The van der Waals surface area contributed by atoms with Gasteiger partial charge in [0.1, 0.15) is 0 Å². The summed E-state index contributed by atoms with van der Waals surface area (Å²) in [7, 11) is 0. The highest BCUT2D eigenvalue weighted by molar-refractivity contribution is 6.02. The third-order valence-corrected chi connectivity index (χ3v) is 7.30. The average molecular weight is 461 g/mol. The highest BCUT2D eigenvalue weighted by Gasteiger charge is 2.30. The molecule has 2 heterocycles. The van der Waals surface area contributed by atoms with Crippen molar-refractivity contribution < 1.29 is 9.59 Å². The molecule has 2 amide bonds.